The molecule has 1 fully saturated rings. The lowest BCUT2D eigenvalue weighted by Gasteiger charge is -2.30. The number of nitrogens with one attached hydrogen (secondary N) is 1. The van der Waals surface area contributed by atoms with E-state index in [1.807, 2.05) is 12.1 Å². The van der Waals surface area contributed by atoms with Crippen LogP contribution >= 0.6 is 11.6 Å². The van der Waals surface area contributed by atoms with E-state index in [1.54, 1.807) is 25.1 Å². The van der Waals surface area contributed by atoms with Crippen LogP contribution in [0, 0.1) is 5.92 Å². The predicted molar refractivity (Wildman–Crippen MR) is 89.1 cm³/mol. The molecule has 0 heterocycles. The molecule has 4 heteroatoms. The monoisotopic (exact) mass is 308 g/mol. The smallest absolute Gasteiger partial charge is 0.255 e. The van der Waals surface area contributed by atoms with Gasteiger partial charge in [0.25, 0.3) is 5.91 Å². The number of hydrogen-bond acceptors (Lipinski definition) is 2. The first kappa shape index (κ1) is 16.2. The van der Waals surface area contributed by atoms with Crippen LogP contribution < -0.4 is 5.32 Å². The van der Waals surface area contributed by atoms with Gasteiger partial charge in [-0.2, -0.15) is 0 Å². The maximum atomic E-state index is 12.3. The second-order valence-electron chi connectivity index (χ2n) is 6.17. The summed E-state index contributed by atoms with van der Waals surface area (Å²) in [5.41, 5.74) is 1.56. The Balaban J connectivity index is 2.18. The maximum absolute atomic E-state index is 12.3. The Hall–Kier alpha value is -1.22. The van der Waals surface area contributed by atoms with Gasteiger partial charge in [-0.05, 0) is 37.0 Å². The number of anilines is 1. The molecule has 1 aromatic carbocycles. The molecule has 2 unspecified atom stereocenters. The molecule has 1 aliphatic carbocycles. The summed E-state index contributed by atoms with van der Waals surface area (Å²) in [5.74, 6) is 0.806. The van der Waals surface area contributed by atoms with Crippen LogP contribution in [0.2, 0.25) is 5.02 Å². The highest BCUT2D eigenvalue weighted by Gasteiger charge is 2.22. The second-order valence-corrected chi connectivity index (χ2v) is 6.61. The molecule has 1 saturated carbocycles. The summed E-state index contributed by atoms with van der Waals surface area (Å²) in [4.78, 5) is 13.9. The van der Waals surface area contributed by atoms with E-state index in [4.69, 9.17) is 11.6 Å². The fourth-order valence-electron chi connectivity index (χ4n) is 3.08. The lowest BCUT2D eigenvalue weighted by molar-refractivity contribution is 0.0828. The van der Waals surface area contributed by atoms with Crippen LogP contribution in [-0.2, 0) is 0 Å². The molecule has 21 heavy (non-hydrogen) atoms. The first-order valence-corrected chi connectivity index (χ1v) is 8.16. The first-order valence-electron chi connectivity index (χ1n) is 7.79. The van der Waals surface area contributed by atoms with Gasteiger partial charge in [0.05, 0.1) is 5.56 Å². The summed E-state index contributed by atoms with van der Waals surface area (Å²) >= 11 is 6.11. The molecule has 1 N–H and O–H groups in total. The largest absolute Gasteiger partial charge is 0.382 e. The molecule has 0 aliphatic heterocycles. The van der Waals surface area contributed by atoms with Gasteiger partial charge in [0.2, 0.25) is 0 Å². The van der Waals surface area contributed by atoms with Crippen molar-refractivity contribution in [3.05, 3.63) is 28.8 Å². The summed E-state index contributed by atoms with van der Waals surface area (Å²) in [6, 6.07) is 5.90. The zero-order valence-corrected chi connectivity index (χ0v) is 13.9. The molecular formula is C17H25ClN2O. The summed E-state index contributed by atoms with van der Waals surface area (Å²) in [6.07, 6.45) is 6.16. The zero-order chi connectivity index (χ0) is 15.4. The fraction of sp³-hybridized carbons (Fsp3) is 0.588. The summed E-state index contributed by atoms with van der Waals surface area (Å²) in [5, 5.41) is 4.22. The molecule has 0 aromatic heterocycles. The Labute approximate surface area is 132 Å². The number of rotatable bonds is 4. The molecule has 1 amide bonds. The van der Waals surface area contributed by atoms with E-state index in [0.717, 1.165) is 11.6 Å². The first-order chi connectivity index (χ1) is 10.0. The second kappa shape index (κ2) is 7.17. The Kier molecular flexibility index (Phi) is 5.51. The van der Waals surface area contributed by atoms with Gasteiger partial charge >= 0.3 is 0 Å². The predicted octanol–water partition coefficient (Wildman–Crippen LogP) is 4.42. The van der Waals surface area contributed by atoms with E-state index in [1.165, 1.54) is 32.1 Å². The minimum atomic E-state index is 0.0111. The fourth-order valence-corrected chi connectivity index (χ4v) is 3.25. The molecule has 1 aliphatic rings. The van der Waals surface area contributed by atoms with Crippen molar-refractivity contribution in [1.82, 2.24) is 4.90 Å². The third-order valence-corrected chi connectivity index (χ3v) is 4.57. The van der Waals surface area contributed by atoms with Gasteiger partial charge in [0.1, 0.15) is 0 Å². The number of carbonyl (C=O) groups excluding carboxylic acids is 1. The van der Waals surface area contributed by atoms with Crippen molar-refractivity contribution in [3.63, 3.8) is 0 Å². The molecule has 0 radical (unpaired) electrons. The quantitative estimate of drug-likeness (QED) is 0.893. The number of carbonyl (C=O) groups is 1. The van der Waals surface area contributed by atoms with Gasteiger partial charge in [0, 0.05) is 30.8 Å². The van der Waals surface area contributed by atoms with Crippen LogP contribution in [0.1, 0.15) is 49.4 Å². The molecule has 0 saturated heterocycles. The maximum Gasteiger partial charge on any atom is 0.255 e. The van der Waals surface area contributed by atoms with Crippen molar-refractivity contribution in [3.8, 4) is 0 Å². The van der Waals surface area contributed by atoms with E-state index in [0.29, 0.717) is 16.6 Å². The molecule has 2 rings (SSSR count). The van der Waals surface area contributed by atoms with E-state index in [2.05, 4.69) is 12.2 Å². The summed E-state index contributed by atoms with van der Waals surface area (Å²) < 4.78 is 0. The number of halogens is 1. The van der Waals surface area contributed by atoms with Crippen molar-refractivity contribution >= 4 is 23.2 Å². The van der Waals surface area contributed by atoms with Gasteiger partial charge in [0.15, 0.2) is 0 Å². The normalized spacial score (nSPS) is 21.9. The topological polar surface area (TPSA) is 32.3 Å². The van der Waals surface area contributed by atoms with Crippen molar-refractivity contribution in [2.45, 2.75) is 45.1 Å². The lowest BCUT2D eigenvalue weighted by atomic mass is 9.84. The molecule has 0 bridgehead atoms. The highest BCUT2D eigenvalue weighted by molar-refractivity contribution is 6.31. The summed E-state index contributed by atoms with van der Waals surface area (Å²) in [6.45, 7) is 2.26. The Bertz CT molecular complexity index is 502. The van der Waals surface area contributed by atoms with Crippen molar-refractivity contribution in [1.29, 1.82) is 0 Å². The van der Waals surface area contributed by atoms with Gasteiger partial charge in [-0.25, -0.2) is 0 Å². The van der Waals surface area contributed by atoms with Crippen molar-refractivity contribution < 1.29 is 4.79 Å². The van der Waals surface area contributed by atoms with Gasteiger partial charge < -0.3 is 10.2 Å². The van der Waals surface area contributed by atoms with Gasteiger partial charge in [-0.15, -0.1) is 0 Å². The van der Waals surface area contributed by atoms with Crippen LogP contribution in [-0.4, -0.2) is 30.9 Å². The van der Waals surface area contributed by atoms with Gasteiger partial charge in [-0.3, -0.25) is 4.79 Å². The minimum Gasteiger partial charge on any atom is -0.382 e. The van der Waals surface area contributed by atoms with Crippen molar-refractivity contribution in [2.24, 2.45) is 5.92 Å². The molecule has 116 valence electrons. The Morgan fingerprint density at radius 2 is 2.14 bits per heavy atom. The van der Waals surface area contributed by atoms with Crippen molar-refractivity contribution in [2.75, 3.05) is 19.4 Å². The number of amides is 1. The molecule has 3 nitrogen and oxygen atoms in total. The number of benzene rings is 1. The van der Waals surface area contributed by atoms with Crippen LogP contribution in [0.25, 0.3) is 0 Å². The molecule has 1 aromatic rings. The highest BCUT2D eigenvalue weighted by atomic mass is 35.5. The van der Waals surface area contributed by atoms with Crippen LogP contribution in [0.3, 0.4) is 0 Å². The average molecular weight is 309 g/mol. The van der Waals surface area contributed by atoms with E-state index in [9.17, 15) is 4.79 Å². The minimum absolute atomic E-state index is 0.0111. The molecule has 0 spiro atoms. The SMILES string of the molecule is CCC1CCCC(Nc2cc(Cl)ccc2C(=O)N(C)C)C1. The molecule has 2 atom stereocenters. The Morgan fingerprint density at radius 3 is 2.81 bits per heavy atom. The lowest BCUT2D eigenvalue weighted by Crippen LogP contribution is -2.29. The molecular weight excluding hydrogens is 284 g/mol. The van der Waals surface area contributed by atoms with E-state index >= 15 is 0 Å². The van der Waals surface area contributed by atoms with Crippen LogP contribution in [0.4, 0.5) is 5.69 Å². The van der Waals surface area contributed by atoms with E-state index < -0.39 is 0 Å². The van der Waals surface area contributed by atoms with E-state index in [-0.39, 0.29) is 5.91 Å². The zero-order valence-electron chi connectivity index (χ0n) is 13.2. The average Bonchev–Trinajstić information content (AvgIpc) is 2.47. The summed E-state index contributed by atoms with van der Waals surface area (Å²) in [7, 11) is 3.54. The van der Waals surface area contributed by atoms with Crippen LogP contribution in [0.5, 0.6) is 0 Å². The number of nitrogens with zero attached hydrogens (tertiary/aromatic N) is 1. The Morgan fingerprint density at radius 1 is 1.38 bits per heavy atom. The number of hydrogen-bond donors (Lipinski definition) is 1. The standard InChI is InChI=1S/C17H25ClN2O/c1-4-12-6-5-7-14(10-12)19-16-11-13(18)8-9-15(16)17(21)20(2)3/h8-9,11-12,14,19H,4-7,10H2,1-3H3. The third-order valence-electron chi connectivity index (χ3n) is 4.34. The van der Waals surface area contributed by atoms with Gasteiger partial charge in [-0.1, -0.05) is 37.8 Å². The highest BCUT2D eigenvalue weighted by Crippen LogP contribution is 2.30. The third kappa shape index (κ3) is 4.13. The van der Waals surface area contributed by atoms with Crippen LogP contribution in [0.15, 0.2) is 18.2 Å².